The van der Waals surface area contributed by atoms with Crippen LogP contribution < -0.4 is 21.9 Å². The minimum Gasteiger partial charge on any atom is -0.383 e. The summed E-state index contributed by atoms with van der Waals surface area (Å²) in [7, 11) is -3.77. The van der Waals surface area contributed by atoms with Crippen LogP contribution in [0.2, 0.25) is 0 Å². The summed E-state index contributed by atoms with van der Waals surface area (Å²) in [5.41, 5.74) is 5.01. The predicted molar refractivity (Wildman–Crippen MR) is 142 cm³/mol. The third kappa shape index (κ3) is 6.31. The number of anilines is 2. The molecular formula is C25H37N5O6S. The van der Waals surface area contributed by atoms with E-state index in [2.05, 4.69) is 4.98 Å². The molecule has 0 aliphatic carbocycles. The SMILES string of the molecule is CCCCN(C(=O)c1ccc(S(=O)(=O)N2CC(C)OC(C)C2)cc1)c1c(N)n(CCCC)c(=O)[nH]c1=O. The van der Waals surface area contributed by atoms with E-state index >= 15 is 0 Å². The number of hydrogen-bond acceptors (Lipinski definition) is 7. The maximum atomic E-state index is 13.6. The number of carbonyl (C=O) groups excluding carboxylic acids is 1. The molecule has 2 aromatic rings. The van der Waals surface area contributed by atoms with Crippen molar-refractivity contribution in [2.45, 2.75) is 77.0 Å². The van der Waals surface area contributed by atoms with Crippen LogP contribution in [-0.4, -0.2) is 60.0 Å². The van der Waals surface area contributed by atoms with Gasteiger partial charge in [-0.25, -0.2) is 13.2 Å². The van der Waals surface area contributed by atoms with Gasteiger partial charge in [0.25, 0.3) is 11.5 Å². The van der Waals surface area contributed by atoms with Gasteiger partial charge in [-0.05, 0) is 51.0 Å². The summed E-state index contributed by atoms with van der Waals surface area (Å²) in [5.74, 6) is -0.578. The Bertz CT molecular complexity index is 1310. The number of rotatable bonds is 10. The van der Waals surface area contributed by atoms with Crippen molar-refractivity contribution >= 4 is 27.4 Å². The fraction of sp³-hybridized carbons (Fsp3) is 0.560. The molecule has 204 valence electrons. The van der Waals surface area contributed by atoms with Crippen LogP contribution in [0.1, 0.15) is 63.7 Å². The number of unbranched alkanes of at least 4 members (excludes halogenated alkanes) is 2. The van der Waals surface area contributed by atoms with Crippen LogP contribution in [0.3, 0.4) is 0 Å². The highest BCUT2D eigenvalue weighted by Crippen LogP contribution is 2.24. The number of morpholine rings is 1. The van der Waals surface area contributed by atoms with E-state index in [4.69, 9.17) is 10.5 Å². The number of nitrogens with two attached hydrogens (primary N) is 1. The molecule has 37 heavy (non-hydrogen) atoms. The van der Waals surface area contributed by atoms with Crippen LogP contribution >= 0.6 is 0 Å². The number of carbonyl (C=O) groups is 1. The molecule has 1 aliphatic rings. The maximum absolute atomic E-state index is 13.6. The highest BCUT2D eigenvalue weighted by Gasteiger charge is 2.32. The van der Waals surface area contributed by atoms with Gasteiger partial charge in [0.05, 0.1) is 17.1 Å². The van der Waals surface area contributed by atoms with E-state index in [0.717, 1.165) is 12.8 Å². The van der Waals surface area contributed by atoms with E-state index in [-0.39, 0.29) is 53.8 Å². The largest absolute Gasteiger partial charge is 0.383 e. The van der Waals surface area contributed by atoms with Crippen molar-refractivity contribution in [1.82, 2.24) is 13.9 Å². The minimum atomic E-state index is -3.77. The molecule has 0 spiro atoms. The highest BCUT2D eigenvalue weighted by molar-refractivity contribution is 7.89. The summed E-state index contributed by atoms with van der Waals surface area (Å²) in [6, 6.07) is 5.64. The van der Waals surface area contributed by atoms with E-state index in [1.54, 1.807) is 0 Å². The van der Waals surface area contributed by atoms with Crippen molar-refractivity contribution in [3.63, 3.8) is 0 Å². The third-order valence-corrected chi connectivity index (χ3v) is 8.17. The Labute approximate surface area is 217 Å². The Kier molecular flexibility index (Phi) is 9.32. The van der Waals surface area contributed by atoms with Gasteiger partial charge in [0.15, 0.2) is 5.69 Å². The standard InChI is InChI=1S/C25H37N5O6S/c1-5-7-13-29(21-22(26)30(14-8-6-2)25(33)27-23(21)31)24(32)19-9-11-20(12-10-19)37(34,35)28-15-17(3)36-18(4)16-28/h9-12,17-18H,5-8,13-16,26H2,1-4H3,(H,27,31,33). The molecule has 1 saturated heterocycles. The van der Waals surface area contributed by atoms with E-state index in [1.807, 2.05) is 27.7 Å². The molecule has 2 atom stereocenters. The molecule has 1 aromatic heterocycles. The molecule has 2 heterocycles. The van der Waals surface area contributed by atoms with Crippen molar-refractivity contribution in [1.29, 1.82) is 0 Å². The van der Waals surface area contributed by atoms with Crippen molar-refractivity contribution in [2.75, 3.05) is 30.3 Å². The number of nitrogen functional groups attached to an aromatic ring is 1. The lowest BCUT2D eigenvalue weighted by Crippen LogP contribution is -2.48. The molecular weight excluding hydrogens is 498 g/mol. The number of nitrogens with zero attached hydrogens (tertiary/aromatic N) is 3. The average Bonchev–Trinajstić information content (AvgIpc) is 2.85. The molecule has 1 fully saturated rings. The summed E-state index contributed by atoms with van der Waals surface area (Å²) in [6.45, 7) is 8.57. The monoisotopic (exact) mass is 535 g/mol. The van der Waals surface area contributed by atoms with Crippen molar-refractivity contribution in [2.24, 2.45) is 0 Å². The number of amides is 1. The lowest BCUT2D eigenvalue weighted by molar-refractivity contribution is -0.0440. The first-order valence-electron chi connectivity index (χ1n) is 12.7. The third-order valence-electron chi connectivity index (χ3n) is 6.32. The van der Waals surface area contributed by atoms with Gasteiger partial charge in [-0.1, -0.05) is 26.7 Å². The molecule has 12 heteroatoms. The number of sulfonamides is 1. The Hall–Kier alpha value is -2.96. The van der Waals surface area contributed by atoms with Gasteiger partial charge in [-0.3, -0.25) is 19.1 Å². The van der Waals surface area contributed by atoms with Crippen LogP contribution in [0.25, 0.3) is 0 Å². The van der Waals surface area contributed by atoms with Crippen LogP contribution in [0.15, 0.2) is 38.8 Å². The van der Waals surface area contributed by atoms with Gasteiger partial charge in [-0.15, -0.1) is 0 Å². The molecule has 0 bridgehead atoms. The molecule has 3 rings (SSSR count). The molecule has 0 radical (unpaired) electrons. The van der Waals surface area contributed by atoms with Gasteiger partial charge in [0, 0.05) is 31.7 Å². The Morgan fingerprint density at radius 1 is 1.08 bits per heavy atom. The summed E-state index contributed by atoms with van der Waals surface area (Å²) in [4.78, 5) is 42.3. The molecule has 1 amide bonds. The van der Waals surface area contributed by atoms with Gasteiger partial charge in [-0.2, -0.15) is 4.31 Å². The van der Waals surface area contributed by atoms with Crippen LogP contribution in [-0.2, 0) is 21.3 Å². The van der Waals surface area contributed by atoms with E-state index in [1.165, 1.54) is 38.0 Å². The second-order valence-corrected chi connectivity index (χ2v) is 11.4. The van der Waals surface area contributed by atoms with Crippen LogP contribution in [0, 0.1) is 0 Å². The molecule has 1 aliphatic heterocycles. The molecule has 2 unspecified atom stereocenters. The predicted octanol–water partition coefficient (Wildman–Crippen LogP) is 2.16. The maximum Gasteiger partial charge on any atom is 0.330 e. The van der Waals surface area contributed by atoms with Gasteiger partial charge in [0.2, 0.25) is 10.0 Å². The summed E-state index contributed by atoms with van der Waals surface area (Å²) >= 11 is 0. The zero-order chi connectivity index (χ0) is 27.3. The second kappa shape index (κ2) is 12.1. The van der Waals surface area contributed by atoms with Crippen molar-refractivity contribution in [3.05, 3.63) is 50.7 Å². The zero-order valence-electron chi connectivity index (χ0n) is 21.9. The fourth-order valence-electron chi connectivity index (χ4n) is 4.41. The Balaban J connectivity index is 1.96. The smallest absolute Gasteiger partial charge is 0.330 e. The topological polar surface area (TPSA) is 148 Å². The minimum absolute atomic E-state index is 0.0657. The highest BCUT2D eigenvalue weighted by atomic mass is 32.2. The number of hydrogen-bond donors (Lipinski definition) is 2. The van der Waals surface area contributed by atoms with Gasteiger partial charge >= 0.3 is 5.69 Å². The zero-order valence-corrected chi connectivity index (χ0v) is 22.7. The molecule has 3 N–H and O–H groups in total. The number of nitrogens with one attached hydrogen (secondary N) is 1. The first-order chi connectivity index (χ1) is 17.5. The van der Waals surface area contributed by atoms with E-state index in [0.29, 0.717) is 19.4 Å². The van der Waals surface area contributed by atoms with Gasteiger partial charge < -0.3 is 15.4 Å². The first kappa shape index (κ1) is 28.6. The Morgan fingerprint density at radius 3 is 2.24 bits per heavy atom. The fourth-order valence-corrected chi connectivity index (χ4v) is 6.00. The van der Waals surface area contributed by atoms with E-state index in [9.17, 15) is 22.8 Å². The number of ether oxygens (including phenoxy) is 1. The lowest BCUT2D eigenvalue weighted by Gasteiger charge is -2.34. The quantitative estimate of drug-likeness (QED) is 0.474. The van der Waals surface area contributed by atoms with Crippen LogP contribution in [0.4, 0.5) is 11.5 Å². The van der Waals surface area contributed by atoms with E-state index < -0.39 is 27.2 Å². The average molecular weight is 536 g/mol. The summed E-state index contributed by atoms with van der Waals surface area (Å²) in [5, 5.41) is 0. The van der Waals surface area contributed by atoms with Crippen molar-refractivity contribution in [3.8, 4) is 0 Å². The van der Waals surface area contributed by atoms with Gasteiger partial charge in [0.1, 0.15) is 5.82 Å². The summed E-state index contributed by atoms with van der Waals surface area (Å²) < 4.78 is 34.7. The number of aromatic amines is 1. The van der Waals surface area contributed by atoms with Crippen molar-refractivity contribution < 1.29 is 17.9 Å². The molecule has 1 aromatic carbocycles. The molecule has 0 saturated carbocycles. The lowest BCUT2D eigenvalue weighted by atomic mass is 10.1. The molecule has 11 nitrogen and oxygen atoms in total. The number of benzene rings is 1. The normalized spacial score (nSPS) is 18.6. The van der Waals surface area contributed by atoms with Crippen LogP contribution in [0.5, 0.6) is 0 Å². The second-order valence-electron chi connectivity index (χ2n) is 9.41. The number of H-pyrrole nitrogens is 1. The Morgan fingerprint density at radius 2 is 1.68 bits per heavy atom. The number of aromatic nitrogens is 2. The summed E-state index contributed by atoms with van der Waals surface area (Å²) in [6.07, 6.45) is 2.39. The first-order valence-corrected chi connectivity index (χ1v) is 14.1.